The van der Waals surface area contributed by atoms with Gasteiger partial charge < -0.3 is 10.3 Å². The maximum Gasteiger partial charge on any atom is 0.162 e. The summed E-state index contributed by atoms with van der Waals surface area (Å²) in [5, 5.41) is 0. The second kappa shape index (κ2) is 3.29. The minimum Gasteiger partial charge on any atom is -0.397 e. The van der Waals surface area contributed by atoms with Gasteiger partial charge in [0, 0.05) is 12.2 Å². The quantitative estimate of drug-likeness (QED) is 0.787. The second-order valence-electron chi connectivity index (χ2n) is 3.48. The Kier molecular flexibility index (Phi) is 2.11. The fourth-order valence-corrected chi connectivity index (χ4v) is 1.47. The van der Waals surface area contributed by atoms with Gasteiger partial charge in [0.1, 0.15) is 5.52 Å². The summed E-state index contributed by atoms with van der Waals surface area (Å²) < 4.78 is 2.06. The van der Waals surface area contributed by atoms with Crippen molar-refractivity contribution in [1.82, 2.24) is 14.5 Å². The van der Waals surface area contributed by atoms with Gasteiger partial charge in [-0.2, -0.15) is 0 Å². The first-order valence-corrected chi connectivity index (χ1v) is 4.81. The van der Waals surface area contributed by atoms with Gasteiger partial charge in [-0.3, -0.25) is 0 Å². The highest BCUT2D eigenvalue weighted by atomic mass is 15.1. The minimum absolute atomic E-state index is 0.411. The predicted molar refractivity (Wildman–Crippen MR) is 56.9 cm³/mol. The van der Waals surface area contributed by atoms with Crippen molar-refractivity contribution in [3.05, 3.63) is 18.6 Å². The summed E-state index contributed by atoms with van der Waals surface area (Å²) >= 11 is 0. The van der Waals surface area contributed by atoms with E-state index in [2.05, 4.69) is 28.4 Å². The van der Waals surface area contributed by atoms with Gasteiger partial charge in [0.05, 0.1) is 12.0 Å². The van der Waals surface area contributed by atoms with E-state index >= 15 is 0 Å². The van der Waals surface area contributed by atoms with Crippen LogP contribution in [-0.2, 0) is 0 Å². The summed E-state index contributed by atoms with van der Waals surface area (Å²) in [5.41, 5.74) is 8.16. The molecule has 74 valence electrons. The Morgan fingerprint density at radius 3 is 3.00 bits per heavy atom. The molecule has 0 amide bonds. The van der Waals surface area contributed by atoms with Crippen molar-refractivity contribution in [2.75, 3.05) is 5.73 Å². The lowest BCUT2D eigenvalue weighted by atomic mass is 10.2. The molecule has 2 N–H and O–H groups in total. The number of nitrogen functional groups attached to an aromatic ring is 1. The first-order chi connectivity index (χ1) is 6.74. The van der Waals surface area contributed by atoms with Gasteiger partial charge in [-0.1, -0.05) is 6.92 Å². The fourth-order valence-electron chi connectivity index (χ4n) is 1.47. The molecule has 4 nitrogen and oxygen atoms in total. The Bertz CT molecular complexity index is 446. The SMILES string of the molecule is CCC(C)n1cnc2c(N)ccnc21. The van der Waals surface area contributed by atoms with Gasteiger partial charge in [-0.05, 0) is 19.4 Å². The molecule has 0 aliphatic carbocycles. The summed E-state index contributed by atoms with van der Waals surface area (Å²) in [6.07, 6.45) is 4.59. The van der Waals surface area contributed by atoms with Crippen LogP contribution in [0.3, 0.4) is 0 Å². The van der Waals surface area contributed by atoms with E-state index in [9.17, 15) is 0 Å². The van der Waals surface area contributed by atoms with Gasteiger partial charge in [0.15, 0.2) is 5.65 Å². The van der Waals surface area contributed by atoms with Crippen LogP contribution in [0.4, 0.5) is 5.69 Å². The third-order valence-electron chi connectivity index (χ3n) is 2.56. The summed E-state index contributed by atoms with van der Waals surface area (Å²) in [4.78, 5) is 8.55. The highest BCUT2D eigenvalue weighted by Gasteiger charge is 2.09. The highest BCUT2D eigenvalue weighted by Crippen LogP contribution is 2.21. The number of nitrogens with zero attached hydrogens (tertiary/aromatic N) is 3. The fraction of sp³-hybridized carbons (Fsp3) is 0.400. The number of hydrogen-bond donors (Lipinski definition) is 1. The molecule has 0 aromatic carbocycles. The molecule has 2 heterocycles. The van der Waals surface area contributed by atoms with E-state index in [4.69, 9.17) is 5.73 Å². The molecule has 0 spiro atoms. The van der Waals surface area contributed by atoms with Crippen LogP contribution in [0.25, 0.3) is 11.2 Å². The van der Waals surface area contributed by atoms with Crippen molar-refractivity contribution in [3.63, 3.8) is 0 Å². The summed E-state index contributed by atoms with van der Waals surface area (Å²) in [6.45, 7) is 4.29. The average molecular weight is 190 g/mol. The Balaban J connectivity index is 2.63. The molecule has 0 radical (unpaired) electrons. The number of rotatable bonds is 2. The molecule has 14 heavy (non-hydrogen) atoms. The zero-order valence-corrected chi connectivity index (χ0v) is 8.44. The van der Waals surface area contributed by atoms with E-state index in [0.29, 0.717) is 11.7 Å². The second-order valence-corrected chi connectivity index (χ2v) is 3.48. The van der Waals surface area contributed by atoms with Crippen LogP contribution in [0.1, 0.15) is 26.3 Å². The topological polar surface area (TPSA) is 56.7 Å². The largest absolute Gasteiger partial charge is 0.397 e. The molecule has 0 aliphatic heterocycles. The lowest BCUT2D eigenvalue weighted by Crippen LogP contribution is -2.03. The van der Waals surface area contributed by atoms with E-state index in [-0.39, 0.29) is 0 Å². The number of anilines is 1. The van der Waals surface area contributed by atoms with Gasteiger partial charge in [0.2, 0.25) is 0 Å². The van der Waals surface area contributed by atoms with E-state index in [1.54, 1.807) is 12.3 Å². The number of pyridine rings is 1. The monoisotopic (exact) mass is 190 g/mol. The van der Waals surface area contributed by atoms with Crippen molar-refractivity contribution in [3.8, 4) is 0 Å². The maximum atomic E-state index is 5.80. The number of aromatic nitrogens is 3. The van der Waals surface area contributed by atoms with Crippen molar-refractivity contribution >= 4 is 16.9 Å². The summed E-state index contributed by atoms with van der Waals surface area (Å²) in [7, 11) is 0. The third-order valence-corrected chi connectivity index (χ3v) is 2.56. The van der Waals surface area contributed by atoms with E-state index in [0.717, 1.165) is 17.6 Å². The molecule has 2 rings (SSSR count). The molecule has 1 unspecified atom stereocenters. The number of fused-ring (bicyclic) bond motifs is 1. The lowest BCUT2D eigenvalue weighted by molar-refractivity contribution is 0.541. The molecule has 2 aromatic heterocycles. The Morgan fingerprint density at radius 2 is 2.29 bits per heavy atom. The molecule has 0 bridgehead atoms. The van der Waals surface area contributed by atoms with Crippen LogP contribution in [0.15, 0.2) is 18.6 Å². The minimum atomic E-state index is 0.411. The lowest BCUT2D eigenvalue weighted by Gasteiger charge is -2.10. The molecule has 4 heteroatoms. The van der Waals surface area contributed by atoms with Crippen LogP contribution in [-0.4, -0.2) is 14.5 Å². The molecular weight excluding hydrogens is 176 g/mol. The van der Waals surface area contributed by atoms with Gasteiger partial charge in [-0.15, -0.1) is 0 Å². The molecule has 1 atom stereocenters. The van der Waals surface area contributed by atoms with Crippen molar-refractivity contribution in [2.24, 2.45) is 0 Å². The zero-order valence-electron chi connectivity index (χ0n) is 8.44. The number of imidazole rings is 1. The Labute approximate surface area is 82.8 Å². The van der Waals surface area contributed by atoms with Gasteiger partial charge >= 0.3 is 0 Å². The van der Waals surface area contributed by atoms with E-state index < -0.39 is 0 Å². The standard InChI is InChI=1S/C10H14N4/c1-3-7(2)14-6-13-9-8(11)4-5-12-10(9)14/h4-7H,3H2,1-2H3,(H2,11,12). The Hall–Kier alpha value is -1.58. The van der Waals surface area contributed by atoms with Crippen LogP contribution >= 0.6 is 0 Å². The zero-order chi connectivity index (χ0) is 10.1. The number of nitrogens with two attached hydrogens (primary N) is 1. The maximum absolute atomic E-state index is 5.80. The van der Waals surface area contributed by atoms with Gasteiger partial charge in [-0.25, -0.2) is 9.97 Å². The number of hydrogen-bond acceptors (Lipinski definition) is 3. The normalized spacial score (nSPS) is 13.3. The average Bonchev–Trinajstić information content (AvgIpc) is 2.62. The van der Waals surface area contributed by atoms with Crippen LogP contribution in [0.5, 0.6) is 0 Å². The summed E-state index contributed by atoms with van der Waals surface area (Å²) in [5.74, 6) is 0. The molecule has 0 saturated carbocycles. The first-order valence-electron chi connectivity index (χ1n) is 4.81. The van der Waals surface area contributed by atoms with Crippen LogP contribution in [0, 0.1) is 0 Å². The van der Waals surface area contributed by atoms with Crippen molar-refractivity contribution in [2.45, 2.75) is 26.3 Å². The molecule has 0 aliphatic rings. The smallest absolute Gasteiger partial charge is 0.162 e. The van der Waals surface area contributed by atoms with Crippen LogP contribution in [0.2, 0.25) is 0 Å². The van der Waals surface area contributed by atoms with Crippen LogP contribution < -0.4 is 5.73 Å². The molecule has 2 aromatic rings. The molecular formula is C10H14N4. The Morgan fingerprint density at radius 1 is 1.50 bits per heavy atom. The molecule has 0 saturated heterocycles. The first kappa shape index (κ1) is 8.99. The van der Waals surface area contributed by atoms with E-state index in [1.807, 2.05) is 6.33 Å². The third kappa shape index (κ3) is 1.23. The van der Waals surface area contributed by atoms with E-state index in [1.165, 1.54) is 0 Å². The predicted octanol–water partition coefficient (Wildman–Crippen LogP) is 1.98. The van der Waals surface area contributed by atoms with Crippen molar-refractivity contribution < 1.29 is 0 Å². The summed E-state index contributed by atoms with van der Waals surface area (Å²) in [6, 6.07) is 2.19. The van der Waals surface area contributed by atoms with Crippen molar-refractivity contribution in [1.29, 1.82) is 0 Å². The van der Waals surface area contributed by atoms with Gasteiger partial charge in [0.25, 0.3) is 0 Å². The highest BCUT2D eigenvalue weighted by molar-refractivity contribution is 5.83. The molecule has 0 fully saturated rings.